The second kappa shape index (κ2) is 5.73. The molecule has 4 nitrogen and oxygen atoms in total. The number of hydrogen-bond acceptors (Lipinski definition) is 5. The Kier molecular flexibility index (Phi) is 3.77. The van der Waals surface area contributed by atoms with E-state index in [0.717, 1.165) is 15.3 Å². The zero-order chi connectivity index (χ0) is 15.7. The molecule has 0 unspecified atom stereocenters. The molecule has 0 aliphatic carbocycles. The monoisotopic (exact) mass is 317 g/mol. The first kappa shape index (κ1) is 14.5. The SMILES string of the molecule is COc1ccc(-c2nc3cc(F)ccc3s2)cc1OC(C)=O. The molecule has 0 bridgehead atoms. The Labute approximate surface area is 130 Å². The third-order valence-corrected chi connectivity index (χ3v) is 4.10. The van der Waals surface area contributed by atoms with Crippen LogP contribution < -0.4 is 9.47 Å². The van der Waals surface area contributed by atoms with Crippen LogP contribution in [0, 0.1) is 5.82 Å². The number of fused-ring (bicyclic) bond motifs is 1. The number of hydrogen-bond donors (Lipinski definition) is 0. The van der Waals surface area contributed by atoms with Crippen LogP contribution in [0.2, 0.25) is 0 Å². The largest absolute Gasteiger partial charge is 0.493 e. The van der Waals surface area contributed by atoms with E-state index in [0.29, 0.717) is 17.0 Å². The lowest BCUT2D eigenvalue weighted by molar-refractivity contribution is -0.132. The van der Waals surface area contributed by atoms with Crippen molar-refractivity contribution >= 4 is 27.5 Å². The van der Waals surface area contributed by atoms with Crippen LogP contribution in [0.5, 0.6) is 11.5 Å². The first-order valence-corrected chi connectivity index (χ1v) is 7.31. The van der Waals surface area contributed by atoms with Crippen molar-refractivity contribution in [3.05, 3.63) is 42.2 Å². The van der Waals surface area contributed by atoms with Gasteiger partial charge in [-0.1, -0.05) is 0 Å². The van der Waals surface area contributed by atoms with Crippen molar-refractivity contribution in [3.8, 4) is 22.1 Å². The van der Waals surface area contributed by atoms with Gasteiger partial charge in [0.2, 0.25) is 0 Å². The number of carbonyl (C=O) groups excluding carboxylic acids is 1. The maximum atomic E-state index is 13.2. The number of methoxy groups -OCH3 is 1. The number of rotatable bonds is 3. The lowest BCUT2D eigenvalue weighted by atomic mass is 10.2. The molecule has 2 aromatic carbocycles. The van der Waals surface area contributed by atoms with E-state index in [4.69, 9.17) is 9.47 Å². The molecule has 3 rings (SSSR count). The van der Waals surface area contributed by atoms with Crippen LogP contribution in [0.3, 0.4) is 0 Å². The Morgan fingerprint density at radius 1 is 1.18 bits per heavy atom. The van der Waals surface area contributed by atoms with Crippen LogP contribution in [-0.2, 0) is 4.79 Å². The van der Waals surface area contributed by atoms with Gasteiger partial charge >= 0.3 is 5.97 Å². The summed E-state index contributed by atoms with van der Waals surface area (Å²) in [5.41, 5.74) is 1.38. The van der Waals surface area contributed by atoms with E-state index >= 15 is 0 Å². The van der Waals surface area contributed by atoms with E-state index < -0.39 is 5.97 Å². The van der Waals surface area contributed by atoms with Gasteiger partial charge in [-0.05, 0) is 30.3 Å². The summed E-state index contributed by atoms with van der Waals surface area (Å²) >= 11 is 1.44. The molecule has 6 heteroatoms. The Morgan fingerprint density at radius 3 is 2.73 bits per heavy atom. The zero-order valence-corrected chi connectivity index (χ0v) is 12.7. The van der Waals surface area contributed by atoms with Crippen LogP contribution >= 0.6 is 11.3 Å². The van der Waals surface area contributed by atoms with Crippen molar-refractivity contribution in [1.29, 1.82) is 0 Å². The molecule has 0 aliphatic rings. The third-order valence-electron chi connectivity index (χ3n) is 3.01. The van der Waals surface area contributed by atoms with Crippen molar-refractivity contribution in [1.82, 2.24) is 4.98 Å². The highest BCUT2D eigenvalue weighted by atomic mass is 32.1. The number of halogens is 1. The van der Waals surface area contributed by atoms with Gasteiger partial charge in [0.15, 0.2) is 11.5 Å². The summed E-state index contributed by atoms with van der Waals surface area (Å²) in [4.78, 5) is 15.6. The summed E-state index contributed by atoms with van der Waals surface area (Å²) in [6.45, 7) is 1.33. The number of benzene rings is 2. The van der Waals surface area contributed by atoms with E-state index in [1.807, 2.05) is 6.07 Å². The summed E-state index contributed by atoms with van der Waals surface area (Å²) in [5, 5.41) is 0.719. The highest BCUT2D eigenvalue weighted by molar-refractivity contribution is 7.21. The molecule has 0 radical (unpaired) electrons. The normalized spacial score (nSPS) is 10.7. The van der Waals surface area contributed by atoms with E-state index in [1.54, 1.807) is 18.2 Å². The van der Waals surface area contributed by atoms with E-state index in [2.05, 4.69) is 4.98 Å². The van der Waals surface area contributed by atoms with Gasteiger partial charge in [-0.15, -0.1) is 11.3 Å². The van der Waals surface area contributed by atoms with Gasteiger partial charge in [0.25, 0.3) is 0 Å². The third kappa shape index (κ3) is 2.78. The van der Waals surface area contributed by atoms with Crippen LogP contribution in [0.25, 0.3) is 20.8 Å². The second-order valence-corrected chi connectivity index (χ2v) is 5.62. The van der Waals surface area contributed by atoms with Gasteiger partial charge in [-0.3, -0.25) is 4.79 Å². The number of aromatic nitrogens is 1. The maximum Gasteiger partial charge on any atom is 0.308 e. The number of esters is 1. The Bertz CT molecular complexity index is 860. The molecule has 0 N–H and O–H groups in total. The van der Waals surface area contributed by atoms with Crippen molar-refractivity contribution < 1.29 is 18.7 Å². The molecule has 0 saturated heterocycles. The van der Waals surface area contributed by atoms with Crippen molar-refractivity contribution in [2.24, 2.45) is 0 Å². The Hall–Kier alpha value is -2.47. The van der Waals surface area contributed by atoms with Gasteiger partial charge in [-0.25, -0.2) is 9.37 Å². The predicted octanol–water partition coefficient (Wildman–Crippen LogP) is 4.04. The molecule has 3 aromatic rings. The highest BCUT2D eigenvalue weighted by Crippen LogP contribution is 2.36. The average molecular weight is 317 g/mol. The summed E-state index contributed by atoms with van der Waals surface area (Å²) in [5.74, 6) is 0.0468. The maximum absolute atomic E-state index is 13.2. The van der Waals surface area contributed by atoms with Crippen molar-refractivity contribution in [2.45, 2.75) is 6.92 Å². The summed E-state index contributed by atoms with van der Waals surface area (Å²) in [6, 6.07) is 9.71. The molecular weight excluding hydrogens is 305 g/mol. The van der Waals surface area contributed by atoms with E-state index in [9.17, 15) is 9.18 Å². The van der Waals surface area contributed by atoms with Gasteiger partial charge in [0.1, 0.15) is 10.8 Å². The highest BCUT2D eigenvalue weighted by Gasteiger charge is 2.12. The molecule has 112 valence electrons. The number of ether oxygens (including phenoxy) is 2. The fourth-order valence-corrected chi connectivity index (χ4v) is 3.01. The van der Waals surface area contributed by atoms with Crippen molar-refractivity contribution in [2.75, 3.05) is 7.11 Å². The number of nitrogens with zero attached hydrogens (tertiary/aromatic N) is 1. The topological polar surface area (TPSA) is 48.4 Å². The number of carbonyl (C=O) groups is 1. The first-order chi connectivity index (χ1) is 10.6. The minimum Gasteiger partial charge on any atom is -0.493 e. The van der Waals surface area contributed by atoms with E-state index in [1.165, 1.54) is 37.5 Å². The lowest BCUT2D eigenvalue weighted by Gasteiger charge is -2.08. The molecule has 1 aromatic heterocycles. The number of thiazole rings is 1. The molecule has 0 spiro atoms. The minimum absolute atomic E-state index is 0.320. The smallest absolute Gasteiger partial charge is 0.308 e. The zero-order valence-electron chi connectivity index (χ0n) is 11.9. The van der Waals surface area contributed by atoms with Gasteiger partial charge < -0.3 is 9.47 Å². The van der Waals surface area contributed by atoms with Gasteiger partial charge in [0, 0.05) is 18.6 Å². The summed E-state index contributed by atoms with van der Waals surface area (Å²) < 4.78 is 24.4. The Morgan fingerprint density at radius 2 is 2.00 bits per heavy atom. The Balaban J connectivity index is 2.07. The molecule has 0 aliphatic heterocycles. The summed E-state index contributed by atoms with van der Waals surface area (Å²) in [6.07, 6.45) is 0. The average Bonchev–Trinajstić information content (AvgIpc) is 2.89. The van der Waals surface area contributed by atoms with Gasteiger partial charge in [0.05, 0.1) is 17.3 Å². The van der Waals surface area contributed by atoms with Crippen molar-refractivity contribution in [3.63, 3.8) is 0 Å². The molecule has 0 fully saturated rings. The molecule has 22 heavy (non-hydrogen) atoms. The van der Waals surface area contributed by atoms with Crippen LogP contribution in [0.4, 0.5) is 4.39 Å². The van der Waals surface area contributed by atoms with E-state index in [-0.39, 0.29) is 5.82 Å². The molecule has 1 heterocycles. The second-order valence-electron chi connectivity index (χ2n) is 4.59. The first-order valence-electron chi connectivity index (χ1n) is 6.50. The van der Waals surface area contributed by atoms with Crippen LogP contribution in [-0.4, -0.2) is 18.1 Å². The minimum atomic E-state index is -0.429. The fourth-order valence-electron chi connectivity index (χ4n) is 2.07. The van der Waals surface area contributed by atoms with Crippen LogP contribution in [0.1, 0.15) is 6.92 Å². The standard InChI is InChI=1S/C16H12FNO3S/c1-9(19)21-14-7-10(3-5-13(14)20-2)16-18-12-8-11(17)4-6-15(12)22-16/h3-8H,1-2H3. The predicted molar refractivity (Wildman–Crippen MR) is 82.9 cm³/mol. The molecule has 0 atom stereocenters. The summed E-state index contributed by atoms with van der Waals surface area (Å²) in [7, 11) is 1.50. The lowest BCUT2D eigenvalue weighted by Crippen LogP contribution is -2.03. The van der Waals surface area contributed by atoms with Crippen LogP contribution in [0.15, 0.2) is 36.4 Å². The van der Waals surface area contributed by atoms with Gasteiger partial charge in [-0.2, -0.15) is 0 Å². The fraction of sp³-hybridized carbons (Fsp3) is 0.125. The quantitative estimate of drug-likeness (QED) is 0.540. The molecule has 0 saturated carbocycles. The molecular formula is C16H12FNO3S. The molecule has 0 amide bonds.